The third kappa shape index (κ3) is 3.17. The molecule has 2 fully saturated rings. The minimum atomic E-state index is -0.740. The van der Waals surface area contributed by atoms with E-state index in [1.54, 1.807) is 17.0 Å². The average molecular weight is 390 g/mol. The van der Waals surface area contributed by atoms with Crippen molar-refractivity contribution in [3.8, 4) is 0 Å². The maximum atomic E-state index is 13.2. The van der Waals surface area contributed by atoms with Crippen LogP contribution in [0.1, 0.15) is 32.6 Å². The van der Waals surface area contributed by atoms with Crippen LogP contribution in [0.2, 0.25) is 5.02 Å². The molecule has 1 aromatic carbocycles. The van der Waals surface area contributed by atoms with Crippen LogP contribution in [-0.4, -0.2) is 36.7 Å². The van der Waals surface area contributed by atoms with Gasteiger partial charge >= 0.3 is 5.97 Å². The number of hydrogen-bond acceptors (Lipinski definition) is 4. The van der Waals surface area contributed by atoms with Crippen LogP contribution in [-0.2, 0) is 19.1 Å². The van der Waals surface area contributed by atoms with E-state index >= 15 is 0 Å². The van der Waals surface area contributed by atoms with Crippen molar-refractivity contribution in [3.05, 3.63) is 41.4 Å². The molecule has 0 aromatic heterocycles. The van der Waals surface area contributed by atoms with E-state index in [-0.39, 0.29) is 18.0 Å². The van der Waals surface area contributed by atoms with Crippen molar-refractivity contribution >= 4 is 29.2 Å². The summed E-state index contributed by atoms with van der Waals surface area (Å²) in [5.41, 5.74) is -0.0147. The van der Waals surface area contributed by atoms with Gasteiger partial charge in [-0.05, 0) is 24.6 Å². The topological polar surface area (TPSA) is 55.8 Å². The Morgan fingerprint density at radius 3 is 3.00 bits per heavy atom. The number of amides is 1. The van der Waals surface area contributed by atoms with Gasteiger partial charge in [0.1, 0.15) is 11.5 Å². The van der Waals surface area contributed by atoms with Crippen LogP contribution in [0.15, 0.2) is 36.4 Å². The minimum absolute atomic E-state index is 0.1000. The van der Waals surface area contributed by atoms with E-state index in [0.29, 0.717) is 18.2 Å². The third-order valence-corrected chi connectivity index (χ3v) is 5.97. The zero-order valence-corrected chi connectivity index (χ0v) is 16.2. The zero-order chi connectivity index (χ0) is 19.0. The quantitative estimate of drug-likeness (QED) is 0.405. The summed E-state index contributed by atoms with van der Waals surface area (Å²) in [5.74, 6) is -1.53. The van der Waals surface area contributed by atoms with Gasteiger partial charge in [-0.3, -0.25) is 9.59 Å². The van der Waals surface area contributed by atoms with Gasteiger partial charge in [-0.25, -0.2) is 0 Å². The van der Waals surface area contributed by atoms with Gasteiger partial charge in [-0.2, -0.15) is 0 Å². The molecule has 6 heteroatoms. The fraction of sp³-hybridized carbons (Fsp3) is 0.524. The molecule has 1 spiro atoms. The lowest BCUT2D eigenvalue weighted by Crippen LogP contribution is -2.40. The van der Waals surface area contributed by atoms with Crippen LogP contribution in [0.25, 0.3) is 0 Å². The van der Waals surface area contributed by atoms with Gasteiger partial charge in [-0.15, -0.1) is 0 Å². The van der Waals surface area contributed by atoms with Gasteiger partial charge in [-0.1, -0.05) is 56.0 Å². The first-order chi connectivity index (χ1) is 13.1. The molecule has 4 rings (SSSR count). The highest BCUT2D eigenvalue weighted by molar-refractivity contribution is 6.31. The molecule has 2 saturated heterocycles. The summed E-state index contributed by atoms with van der Waals surface area (Å²) in [6.45, 7) is 2.93. The van der Waals surface area contributed by atoms with Gasteiger partial charge in [0.05, 0.1) is 25.2 Å². The van der Waals surface area contributed by atoms with Gasteiger partial charge in [0, 0.05) is 10.7 Å². The number of carbonyl (C=O) groups is 2. The van der Waals surface area contributed by atoms with E-state index in [2.05, 4.69) is 6.92 Å². The standard InChI is InChI=1S/C21H24ClNO4/c1-2-3-4-5-11-26-20(25)17-16-9-10-21(27-16)13-23(19(24)18(17)21)15-8-6-7-14(22)12-15/h6-10,12,16-18H,2-5,11,13H2,1H3/t16-,17+,18+,21+/m1/s1. The van der Waals surface area contributed by atoms with Crippen molar-refractivity contribution in [1.82, 2.24) is 0 Å². The summed E-state index contributed by atoms with van der Waals surface area (Å²) < 4.78 is 11.6. The Kier molecular flexibility index (Phi) is 4.99. The van der Waals surface area contributed by atoms with E-state index in [1.165, 1.54) is 0 Å². The molecule has 144 valence electrons. The van der Waals surface area contributed by atoms with Crippen molar-refractivity contribution in [2.75, 3.05) is 18.1 Å². The van der Waals surface area contributed by atoms with Gasteiger partial charge < -0.3 is 14.4 Å². The summed E-state index contributed by atoms with van der Waals surface area (Å²) in [5, 5.41) is 0.568. The first-order valence-electron chi connectivity index (χ1n) is 9.66. The fourth-order valence-corrected chi connectivity index (χ4v) is 4.61. The number of anilines is 1. The molecule has 4 atom stereocenters. The number of hydrogen-bond donors (Lipinski definition) is 0. The molecule has 27 heavy (non-hydrogen) atoms. The molecule has 0 saturated carbocycles. The number of halogens is 1. The molecule has 0 N–H and O–H groups in total. The Hall–Kier alpha value is -1.85. The van der Waals surface area contributed by atoms with Crippen LogP contribution in [0.3, 0.4) is 0 Å². The minimum Gasteiger partial charge on any atom is -0.465 e. The Bertz CT molecular complexity index is 779. The molecule has 3 heterocycles. The molecule has 0 aliphatic carbocycles. The Morgan fingerprint density at radius 2 is 2.22 bits per heavy atom. The van der Waals surface area contributed by atoms with Crippen molar-refractivity contribution in [3.63, 3.8) is 0 Å². The lowest BCUT2D eigenvalue weighted by Gasteiger charge is -2.22. The van der Waals surface area contributed by atoms with Crippen LogP contribution >= 0.6 is 11.6 Å². The molecule has 3 aliphatic rings. The second-order valence-corrected chi connectivity index (χ2v) is 7.97. The van der Waals surface area contributed by atoms with Crippen LogP contribution < -0.4 is 4.90 Å². The van der Waals surface area contributed by atoms with Crippen LogP contribution in [0.5, 0.6) is 0 Å². The Labute approximate surface area is 164 Å². The number of fused-ring (bicyclic) bond motifs is 1. The van der Waals surface area contributed by atoms with Gasteiger partial charge in [0.15, 0.2) is 0 Å². The summed E-state index contributed by atoms with van der Waals surface area (Å²) in [6, 6.07) is 7.19. The second kappa shape index (κ2) is 7.28. The van der Waals surface area contributed by atoms with Gasteiger partial charge in [0.25, 0.3) is 0 Å². The molecule has 0 unspecified atom stereocenters. The van der Waals surface area contributed by atoms with Crippen molar-refractivity contribution in [1.29, 1.82) is 0 Å². The highest BCUT2D eigenvalue weighted by Crippen LogP contribution is 2.53. The smallest absolute Gasteiger partial charge is 0.312 e. The highest BCUT2D eigenvalue weighted by atomic mass is 35.5. The molecule has 2 bridgehead atoms. The molecular formula is C21H24ClNO4. The molecule has 1 amide bonds. The predicted octanol–water partition coefficient (Wildman–Crippen LogP) is 3.75. The van der Waals surface area contributed by atoms with E-state index < -0.39 is 17.4 Å². The van der Waals surface area contributed by atoms with Crippen molar-refractivity contribution in [2.45, 2.75) is 44.3 Å². The number of esters is 1. The van der Waals surface area contributed by atoms with Crippen LogP contribution in [0.4, 0.5) is 5.69 Å². The van der Waals surface area contributed by atoms with E-state index in [9.17, 15) is 9.59 Å². The number of unbranched alkanes of at least 4 members (excludes halogenated alkanes) is 3. The summed E-state index contributed by atoms with van der Waals surface area (Å²) >= 11 is 6.08. The second-order valence-electron chi connectivity index (χ2n) is 7.53. The first kappa shape index (κ1) is 18.5. The number of carbonyl (C=O) groups excluding carboxylic acids is 2. The van der Waals surface area contributed by atoms with Crippen LogP contribution in [0, 0.1) is 11.8 Å². The Balaban J connectivity index is 1.49. The maximum Gasteiger partial charge on any atom is 0.312 e. The largest absolute Gasteiger partial charge is 0.465 e. The number of benzene rings is 1. The summed E-state index contributed by atoms with van der Waals surface area (Å²) in [4.78, 5) is 27.6. The van der Waals surface area contributed by atoms with Gasteiger partial charge in [0.2, 0.25) is 5.91 Å². The Morgan fingerprint density at radius 1 is 1.37 bits per heavy atom. The summed E-state index contributed by atoms with van der Waals surface area (Å²) in [6.07, 6.45) is 7.63. The van der Waals surface area contributed by atoms with Crippen molar-refractivity contribution in [2.24, 2.45) is 11.8 Å². The average Bonchev–Trinajstić information content (AvgIpc) is 3.30. The SMILES string of the molecule is CCCCCCOC(=O)[C@@H]1[C@H]2C(=O)N(c3cccc(Cl)c3)C[C@@]23C=C[C@H]1O3. The van der Waals surface area contributed by atoms with E-state index in [0.717, 1.165) is 31.4 Å². The zero-order valence-electron chi connectivity index (χ0n) is 15.4. The highest BCUT2D eigenvalue weighted by Gasteiger charge is 2.67. The van der Waals surface area contributed by atoms with E-state index in [4.69, 9.17) is 21.1 Å². The van der Waals surface area contributed by atoms with E-state index in [1.807, 2.05) is 24.3 Å². The third-order valence-electron chi connectivity index (χ3n) is 5.73. The lowest BCUT2D eigenvalue weighted by atomic mass is 9.77. The number of rotatable bonds is 7. The lowest BCUT2D eigenvalue weighted by molar-refractivity contribution is -0.152. The molecule has 5 nitrogen and oxygen atoms in total. The first-order valence-corrected chi connectivity index (χ1v) is 10.0. The fourth-order valence-electron chi connectivity index (χ4n) is 4.43. The molecule has 3 aliphatic heterocycles. The monoisotopic (exact) mass is 389 g/mol. The predicted molar refractivity (Wildman–Crippen MR) is 103 cm³/mol. The molecule has 1 aromatic rings. The van der Waals surface area contributed by atoms with Crippen molar-refractivity contribution < 1.29 is 19.1 Å². The molecule has 0 radical (unpaired) electrons. The normalized spacial score (nSPS) is 30.8. The summed E-state index contributed by atoms with van der Waals surface area (Å²) in [7, 11) is 0. The maximum absolute atomic E-state index is 13.2. The molecular weight excluding hydrogens is 366 g/mol. The number of ether oxygens (including phenoxy) is 2. The number of nitrogens with zero attached hydrogens (tertiary/aromatic N) is 1.